The van der Waals surface area contributed by atoms with Crippen molar-refractivity contribution in [2.45, 2.75) is 49.5 Å². The fourth-order valence-electron chi connectivity index (χ4n) is 4.19. The van der Waals surface area contributed by atoms with Gasteiger partial charge in [0.15, 0.2) is 0 Å². The summed E-state index contributed by atoms with van der Waals surface area (Å²) in [6.07, 6.45) is 0. The third kappa shape index (κ3) is 4.22. The van der Waals surface area contributed by atoms with E-state index in [1.165, 1.54) is 16.7 Å². The first-order chi connectivity index (χ1) is 15.1. The highest BCUT2D eigenvalue weighted by Crippen LogP contribution is 2.50. The van der Waals surface area contributed by atoms with E-state index >= 15 is 0 Å². The van der Waals surface area contributed by atoms with Crippen LogP contribution in [0.2, 0.25) is 0 Å². The summed E-state index contributed by atoms with van der Waals surface area (Å²) in [5.74, 6) is -2.20. The first kappa shape index (κ1) is 24.4. The average molecular weight is 478 g/mol. The normalized spacial score (nSPS) is 25.8. The topological polar surface area (TPSA) is 148 Å². The monoisotopic (exact) mass is 477 g/mol. The average Bonchev–Trinajstić information content (AvgIpc) is 3.29. The molecule has 11 nitrogen and oxygen atoms in total. The summed E-state index contributed by atoms with van der Waals surface area (Å²) in [5, 5.41) is 16.8. The van der Waals surface area contributed by atoms with E-state index in [4.69, 9.17) is 0 Å². The van der Waals surface area contributed by atoms with Crippen LogP contribution in [-0.4, -0.2) is 80.0 Å². The van der Waals surface area contributed by atoms with E-state index in [0.29, 0.717) is 12.1 Å². The number of imide groups is 1. The van der Waals surface area contributed by atoms with Gasteiger partial charge in [0.1, 0.15) is 23.5 Å². The number of carbonyl (C=O) groups is 5. The van der Waals surface area contributed by atoms with Gasteiger partial charge in [-0.05, 0) is 19.4 Å². The SMILES string of the molecule is C.CC1(C)S[C@@H]2[C@H](NC(=O)[C@H](NC(=O)N3CCNC3=O)c3ccccc3)C(=O)N2[C@H]1C(=O)O. The number of nitrogens with zero attached hydrogens (tertiary/aromatic N) is 2. The first-order valence-corrected chi connectivity index (χ1v) is 10.9. The van der Waals surface area contributed by atoms with E-state index in [1.807, 2.05) is 0 Å². The smallest absolute Gasteiger partial charge is 0.327 e. The van der Waals surface area contributed by atoms with Crippen molar-refractivity contribution in [1.82, 2.24) is 25.8 Å². The second-order valence-corrected chi connectivity index (χ2v) is 10.0. The number of carboxylic acid groups (broad SMARTS) is 1. The number of thioether (sulfide) groups is 1. The number of rotatable bonds is 5. The van der Waals surface area contributed by atoms with E-state index in [0.717, 1.165) is 4.90 Å². The highest BCUT2D eigenvalue weighted by atomic mass is 32.2. The van der Waals surface area contributed by atoms with Crippen molar-refractivity contribution in [2.24, 2.45) is 0 Å². The van der Waals surface area contributed by atoms with Crippen LogP contribution >= 0.6 is 11.8 Å². The number of benzene rings is 1. The second kappa shape index (κ2) is 8.93. The van der Waals surface area contributed by atoms with E-state index in [-0.39, 0.29) is 14.0 Å². The molecule has 0 spiro atoms. The molecule has 3 fully saturated rings. The molecule has 4 N–H and O–H groups in total. The summed E-state index contributed by atoms with van der Waals surface area (Å²) in [4.78, 5) is 64.2. The molecule has 6 amide bonds. The maximum Gasteiger partial charge on any atom is 0.327 e. The molecular weight excluding hydrogens is 450 g/mol. The van der Waals surface area contributed by atoms with Crippen molar-refractivity contribution in [3.05, 3.63) is 35.9 Å². The molecule has 4 atom stereocenters. The van der Waals surface area contributed by atoms with Crippen LogP contribution in [0.1, 0.15) is 32.9 Å². The fourth-order valence-corrected chi connectivity index (χ4v) is 5.82. The van der Waals surface area contributed by atoms with Gasteiger partial charge >= 0.3 is 18.0 Å². The van der Waals surface area contributed by atoms with Crippen molar-refractivity contribution >= 4 is 41.6 Å². The standard InChI is InChI=1S/C20H23N5O6S.CH4/c1-20(2)13(17(28)29)25-15(27)12(16(25)32-20)22-14(26)11(10-6-4-3-5-7-10)23-19(31)24-9-8-21-18(24)30;/h3-7,11-13,16H,8-9H2,1-2H3,(H,21,30)(H,22,26)(H,23,31)(H,28,29);1H4/t11-,12-,13+,16-;/m1./s1. The van der Waals surface area contributed by atoms with Crippen molar-refractivity contribution in [3.63, 3.8) is 0 Å². The Balaban J connectivity index is 0.00000306. The molecular formula is C21H27N5O6S. The Kier molecular flexibility index (Phi) is 6.59. The minimum atomic E-state index is -1.14. The molecule has 3 heterocycles. The molecule has 0 unspecified atom stereocenters. The van der Waals surface area contributed by atoms with E-state index < -0.39 is 58.1 Å². The van der Waals surface area contributed by atoms with Gasteiger partial charge in [-0.25, -0.2) is 19.3 Å². The van der Waals surface area contributed by atoms with Crippen LogP contribution in [0.15, 0.2) is 30.3 Å². The third-order valence-electron chi connectivity index (χ3n) is 5.74. The lowest BCUT2D eigenvalue weighted by Crippen LogP contribution is -2.71. The summed E-state index contributed by atoms with van der Waals surface area (Å²) >= 11 is 1.31. The number of hydrogen-bond donors (Lipinski definition) is 4. The summed E-state index contributed by atoms with van der Waals surface area (Å²) in [6.45, 7) is 3.98. The van der Waals surface area contributed by atoms with Gasteiger partial charge in [0.2, 0.25) is 11.8 Å². The highest BCUT2D eigenvalue weighted by Gasteiger charge is 2.64. The summed E-state index contributed by atoms with van der Waals surface area (Å²) in [7, 11) is 0. The second-order valence-electron chi connectivity index (χ2n) is 8.26. The van der Waals surface area contributed by atoms with E-state index in [1.54, 1.807) is 44.2 Å². The van der Waals surface area contributed by atoms with Crippen molar-refractivity contribution in [3.8, 4) is 0 Å². The molecule has 33 heavy (non-hydrogen) atoms. The predicted molar refractivity (Wildman–Crippen MR) is 120 cm³/mol. The Bertz CT molecular complexity index is 987. The molecule has 0 aromatic heterocycles. The molecule has 0 saturated carbocycles. The van der Waals surface area contributed by atoms with E-state index in [2.05, 4.69) is 16.0 Å². The van der Waals surface area contributed by atoms with Crippen LogP contribution in [-0.2, 0) is 14.4 Å². The number of β-lactam (4-membered cyclic amide) rings is 1. The maximum atomic E-state index is 13.1. The minimum absolute atomic E-state index is 0. The number of aliphatic carboxylic acids is 1. The molecule has 4 rings (SSSR count). The molecule has 1 aromatic carbocycles. The molecule has 0 radical (unpaired) electrons. The highest BCUT2D eigenvalue weighted by molar-refractivity contribution is 8.01. The quantitative estimate of drug-likeness (QED) is 0.457. The van der Waals surface area contributed by atoms with Gasteiger partial charge in [-0.2, -0.15) is 0 Å². The molecule has 3 aliphatic rings. The van der Waals surface area contributed by atoms with Gasteiger partial charge in [-0.1, -0.05) is 37.8 Å². The zero-order chi connectivity index (χ0) is 23.2. The van der Waals surface area contributed by atoms with Gasteiger partial charge in [0.05, 0.1) is 0 Å². The summed E-state index contributed by atoms with van der Waals surface area (Å²) in [5.41, 5.74) is 0.476. The van der Waals surface area contributed by atoms with E-state index in [9.17, 15) is 29.1 Å². The van der Waals surface area contributed by atoms with Crippen LogP contribution < -0.4 is 16.0 Å². The number of carbonyl (C=O) groups excluding carboxylic acids is 4. The van der Waals surface area contributed by atoms with Crippen LogP contribution in [0.3, 0.4) is 0 Å². The Morgan fingerprint density at radius 1 is 1.21 bits per heavy atom. The fraction of sp³-hybridized carbons (Fsp3) is 0.476. The van der Waals surface area contributed by atoms with Crippen molar-refractivity contribution < 1.29 is 29.1 Å². The number of amides is 6. The zero-order valence-corrected chi connectivity index (χ0v) is 18.2. The Morgan fingerprint density at radius 2 is 1.88 bits per heavy atom. The molecule has 12 heteroatoms. The summed E-state index contributed by atoms with van der Waals surface area (Å²) < 4.78 is -0.720. The Morgan fingerprint density at radius 3 is 2.45 bits per heavy atom. The molecule has 0 bridgehead atoms. The zero-order valence-electron chi connectivity index (χ0n) is 17.4. The Labute approximate surface area is 195 Å². The molecule has 0 aliphatic carbocycles. The third-order valence-corrected chi connectivity index (χ3v) is 7.31. The minimum Gasteiger partial charge on any atom is -0.480 e. The molecule has 178 valence electrons. The maximum absolute atomic E-state index is 13.1. The number of hydrogen-bond acceptors (Lipinski definition) is 6. The van der Waals surface area contributed by atoms with Crippen LogP contribution in [0.4, 0.5) is 9.59 Å². The number of nitrogens with one attached hydrogen (secondary N) is 3. The number of fused-ring (bicyclic) bond motifs is 1. The largest absolute Gasteiger partial charge is 0.480 e. The van der Waals surface area contributed by atoms with Gasteiger partial charge in [-0.15, -0.1) is 11.8 Å². The van der Waals surface area contributed by atoms with Crippen molar-refractivity contribution in [2.75, 3.05) is 13.1 Å². The first-order valence-electron chi connectivity index (χ1n) is 10.1. The van der Waals surface area contributed by atoms with Gasteiger partial charge in [0, 0.05) is 17.8 Å². The lowest BCUT2D eigenvalue weighted by Gasteiger charge is -2.44. The molecule has 1 aromatic rings. The van der Waals surface area contributed by atoms with Gasteiger partial charge in [0.25, 0.3) is 0 Å². The van der Waals surface area contributed by atoms with Gasteiger partial charge < -0.3 is 26.0 Å². The van der Waals surface area contributed by atoms with Crippen LogP contribution in [0.25, 0.3) is 0 Å². The Hall–Kier alpha value is -3.28. The lowest BCUT2D eigenvalue weighted by atomic mass is 9.95. The molecule has 3 saturated heterocycles. The summed E-state index contributed by atoms with van der Waals surface area (Å²) in [6, 6.07) is 4.14. The lowest BCUT2D eigenvalue weighted by molar-refractivity contribution is -0.161. The predicted octanol–water partition coefficient (Wildman–Crippen LogP) is 0.730. The van der Waals surface area contributed by atoms with Crippen molar-refractivity contribution in [1.29, 1.82) is 0 Å². The molecule has 3 aliphatic heterocycles. The van der Waals surface area contributed by atoms with Crippen LogP contribution in [0, 0.1) is 0 Å². The van der Waals surface area contributed by atoms with Crippen LogP contribution in [0.5, 0.6) is 0 Å². The van der Waals surface area contributed by atoms with Gasteiger partial charge in [-0.3, -0.25) is 9.59 Å². The number of urea groups is 2. The number of carboxylic acids is 1.